The number of rotatable bonds is 4. The second-order valence-corrected chi connectivity index (χ2v) is 4.85. The molecule has 0 aliphatic carbocycles. The minimum absolute atomic E-state index is 0.840. The van der Waals surface area contributed by atoms with Gasteiger partial charge in [0.15, 0.2) is 0 Å². The molecule has 0 aliphatic heterocycles. The van der Waals surface area contributed by atoms with Crippen molar-refractivity contribution in [3.8, 4) is 10.6 Å². The van der Waals surface area contributed by atoms with Gasteiger partial charge in [0, 0.05) is 22.7 Å². The highest BCUT2D eigenvalue weighted by Crippen LogP contribution is 2.26. The Balaban J connectivity index is 2.20. The van der Waals surface area contributed by atoms with Crippen LogP contribution in [-0.4, -0.2) is 16.1 Å². The van der Waals surface area contributed by atoms with E-state index in [2.05, 4.69) is 24.0 Å². The van der Waals surface area contributed by atoms with Crippen LogP contribution in [0.2, 0.25) is 0 Å². The lowest BCUT2D eigenvalue weighted by Gasteiger charge is -1.98. The van der Waals surface area contributed by atoms with Gasteiger partial charge in [-0.05, 0) is 18.1 Å². The molecule has 1 aromatic carbocycles. The van der Waals surface area contributed by atoms with Crippen LogP contribution in [0.4, 0.5) is 0 Å². The van der Waals surface area contributed by atoms with Crippen molar-refractivity contribution in [1.29, 1.82) is 0 Å². The summed E-state index contributed by atoms with van der Waals surface area (Å²) in [6, 6.07) is 8.26. The summed E-state index contributed by atoms with van der Waals surface area (Å²) in [6.45, 7) is 2.12. The Morgan fingerprint density at radius 1 is 1.39 bits per heavy atom. The number of hydrogen-bond donors (Lipinski definition) is 1. The van der Waals surface area contributed by atoms with Gasteiger partial charge in [0.05, 0.1) is 0 Å². The van der Waals surface area contributed by atoms with Gasteiger partial charge in [-0.1, -0.05) is 31.2 Å². The molecule has 0 unspecified atom stereocenters. The highest BCUT2D eigenvalue weighted by molar-refractivity contribution is 7.15. The summed E-state index contributed by atoms with van der Waals surface area (Å²) < 4.78 is 0. The van der Waals surface area contributed by atoms with E-state index in [4.69, 9.17) is 5.11 Å². The van der Waals surface area contributed by atoms with Crippen LogP contribution >= 0.6 is 11.3 Å². The summed E-state index contributed by atoms with van der Waals surface area (Å²) >= 11 is 1.48. The molecule has 4 heteroatoms. The summed E-state index contributed by atoms with van der Waals surface area (Å²) in [6.07, 6.45) is 5.39. The maximum Gasteiger partial charge on any atom is 0.328 e. The molecule has 92 valence electrons. The highest BCUT2D eigenvalue weighted by Gasteiger charge is 2.03. The maximum atomic E-state index is 10.4. The summed E-state index contributed by atoms with van der Waals surface area (Å²) in [7, 11) is 0. The average Bonchev–Trinajstić information content (AvgIpc) is 2.85. The van der Waals surface area contributed by atoms with Crippen molar-refractivity contribution in [2.45, 2.75) is 13.3 Å². The summed E-state index contributed by atoms with van der Waals surface area (Å²) in [5, 5.41) is 9.46. The van der Waals surface area contributed by atoms with Gasteiger partial charge in [-0.3, -0.25) is 0 Å². The zero-order valence-corrected chi connectivity index (χ0v) is 10.8. The van der Waals surface area contributed by atoms with Crippen LogP contribution in [0.15, 0.2) is 36.5 Å². The smallest absolute Gasteiger partial charge is 0.328 e. The van der Waals surface area contributed by atoms with Gasteiger partial charge >= 0.3 is 5.97 Å². The lowest BCUT2D eigenvalue weighted by atomic mass is 10.1. The SMILES string of the molecule is CCc1ccc(-c2ncc(/C=C/C(=O)O)s2)cc1. The van der Waals surface area contributed by atoms with E-state index in [1.165, 1.54) is 16.9 Å². The summed E-state index contributed by atoms with van der Waals surface area (Å²) in [5.41, 5.74) is 2.36. The number of carbonyl (C=O) groups is 1. The molecule has 0 spiro atoms. The molecule has 0 saturated carbocycles. The van der Waals surface area contributed by atoms with Crippen LogP contribution in [0.1, 0.15) is 17.4 Å². The highest BCUT2D eigenvalue weighted by atomic mass is 32.1. The summed E-state index contributed by atoms with van der Waals surface area (Å²) in [4.78, 5) is 15.6. The van der Waals surface area contributed by atoms with Crippen LogP contribution in [0.25, 0.3) is 16.6 Å². The third kappa shape index (κ3) is 3.05. The molecule has 0 fully saturated rings. The third-order valence-corrected chi connectivity index (χ3v) is 3.53. The lowest BCUT2D eigenvalue weighted by molar-refractivity contribution is -0.131. The molecule has 2 rings (SSSR count). The van der Waals surface area contributed by atoms with Crippen LogP contribution in [0.5, 0.6) is 0 Å². The Morgan fingerprint density at radius 3 is 2.72 bits per heavy atom. The van der Waals surface area contributed by atoms with Crippen molar-refractivity contribution in [3.05, 3.63) is 47.0 Å². The van der Waals surface area contributed by atoms with Gasteiger partial charge in [0.25, 0.3) is 0 Å². The molecule has 18 heavy (non-hydrogen) atoms. The van der Waals surface area contributed by atoms with Gasteiger partial charge in [-0.15, -0.1) is 11.3 Å². The number of nitrogens with zero attached hydrogens (tertiary/aromatic N) is 1. The molecule has 0 saturated heterocycles. The molecule has 1 N–H and O–H groups in total. The largest absolute Gasteiger partial charge is 0.478 e. The van der Waals surface area contributed by atoms with E-state index in [-0.39, 0.29) is 0 Å². The van der Waals surface area contributed by atoms with Gasteiger partial charge in [0.2, 0.25) is 0 Å². The average molecular weight is 259 g/mol. The number of carboxylic acids is 1. The van der Waals surface area contributed by atoms with Crippen molar-refractivity contribution in [3.63, 3.8) is 0 Å². The number of thiazole rings is 1. The van der Waals surface area contributed by atoms with Crippen molar-refractivity contribution < 1.29 is 9.90 Å². The molecule has 0 radical (unpaired) electrons. The Morgan fingerprint density at radius 2 is 2.11 bits per heavy atom. The molecule has 2 aromatic rings. The fourth-order valence-corrected chi connectivity index (χ4v) is 2.36. The number of aryl methyl sites for hydroxylation is 1. The maximum absolute atomic E-state index is 10.4. The fourth-order valence-electron chi connectivity index (χ4n) is 1.53. The molecule has 3 nitrogen and oxygen atoms in total. The van der Waals surface area contributed by atoms with Gasteiger partial charge in [0.1, 0.15) is 5.01 Å². The van der Waals surface area contributed by atoms with E-state index in [9.17, 15) is 4.79 Å². The first-order valence-corrected chi connectivity index (χ1v) is 6.47. The van der Waals surface area contributed by atoms with Crippen LogP contribution in [0.3, 0.4) is 0 Å². The Labute approximate surface area is 109 Å². The molecule has 1 heterocycles. The zero-order chi connectivity index (χ0) is 13.0. The normalized spacial score (nSPS) is 10.9. The third-order valence-electron chi connectivity index (χ3n) is 2.52. The molecule has 0 aliphatic rings. The van der Waals surface area contributed by atoms with Crippen molar-refractivity contribution in [2.24, 2.45) is 0 Å². The van der Waals surface area contributed by atoms with Gasteiger partial charge in [-0.2, -0.15) is 0 Å². The Bertz CT molecular complexity index is 570. The standard InChI is InChI=1S/C14H13NO2S/c1-2-10-3-5-11(6-4-10)14-15-9-12(18-14)7-8-13(16)17/h3-9H,2H2,1H3,(H,16,17)/b8-7+. The molecular weight excluding hydrogens is 246 g/mol. The van der Waals surface area contributed by atoms with Crippen molar-refractivity contribution in [2.75, 3.05) is 0 Å². The van der Waals surface area contributed by atoms with E-state index < -0.39 is 5.97 Å². The van der Waals surface area contributed by atoms with E-state index in [1.54, 1.807) is 12.3 Å². The number of hydrogen-bond acceptors (Lipinski definition) is 3. The molecule has 1 aromatic heterocycles. The molecule has 0 atom stereocenters. The van der Waals surface area contributed by atoms with Crippen molar-refractivity contribution >= 4 is 23.4 Å². The van der Waals surface area contributed by atoms with Crippen molar-refractivity contribution in [1.82, 2.24) is 4.98 Å². The fraction of sp³-hybridized carbons (Fsp3) is 0.143. The van der Waals surface area contributed by atoms with Crippen LogP contribution in [-0.2, 0) is 11.2 Å². The van der Waals surface area contributed by atoms with Crippen LogP contribution < -0.4 is 0 Å². The van der Waals surface area contributed by atoms with E-state index in [0.29, 0.717) is 0 Å². The summed E-state index contributed by atoms with van der Waals surface area (Å²) in [5.74, 6) is -0.947. The van der Waals surface area contributed by atoms with Crippen LogP contribution in [0, 0.1) is 0 Å². The monoisotopic (exact) mass is 259 g/mol. The number of carboxylic acid groups (broad SMARTS) is 1. The first kappa shape index (κ1) is 12.5. The Kier molecular flexibility index (Phi) is 3.89. The van der Waals surface area contributed by atoms with E-state index in [1.807, 2.05) is 12.1 Å². The first-order chi connectivity index (χ1) is 8.69. The Hall–Kier alpha value is -1.94. The molecular formula is C14H13NO2S. The second kappa shape index (κ2) is 5.60. The zero-order valence-electron chi connectivity index (χ0n) is 9.96. The first-order valence-electron chi connectivity index (χ1n) is 5.65. The second-order valence-electron chi connectivity index (χ2n) is 3.79. The van der Waals surface area contributed by atoms with Gasteiger partial charge < -0.3 is 5.11 Å². The van der Waals surface area contributed by atoms with E-state index >= 15 is 0 Å². The number of aliphatic carboxylic acids is 1. The van der Waals surface area contributed by atoms with Gasteiger partial charge in [-0.25, -0.2) is 9.78 Å². The quantitative estimate of drug-likeness (QED) is 0.855. The lowest BCUT2D eigenvalue weighted by Crippen LogP contribution is -1.84. The minimum atomic E-state index is -0.947. The van der Waals surface area contributed by atoms with E-state index in [0.717, 1.165) is 27.9 Å². The predicted molar refractivity (Wildman–Crippen MR) is 73.6 cm³/mol. The number of benzene rings is 1. The topological polar surface area (TPSA) is 50.2 Å². The minimum Gasteiger partial charge on any atom is -0.478 e. The molecule has 0 amide bonds. The predicted octanol–water partition coefficient (Wildman–Crippen LogP) is 3.47. The number of aromatic nitrogens is 1. The molecule has 0 bridgehead atoms.